The van der Waals surface area contributed by atoms with Crippen molar-refractivity contribution in [1.29, 1.82) is 0 Å². The number of hydrogen-bond donors (Lipinski definition) is 2. The highest BCUT2D eigenvalue weighted by Gasteiger charge is 2.29. The van der Waals surface area contributed by atoms with Crippen LogP contribution in [-0.2, 0) is 14.3 Å². The molecule has 2 aromatic rings. The maximum atomic E-state index is 12.6. The van der Waals surface area contributed by atoms with Gasteiger partial charge in [-0.2, -0.15) is 0 Å². The Kier molecular flexibility index (Phi) is 7.27. The minimum atomic E-state index is -0.878. The van der Waals surface area contributed by atoms with E-state index in [1.165, 1.54) is 11.1 Å². The zero-order valence-electron chi connectivity index (χ0n) is 18.7. The summed E-state index contributed by atoms with van der Waals surface area (Å²) in [6.45, 7) is 1.19. The average molecular weight is 451 g/mol. The van der Waals surface area contributed by atoms with Gasteiger partial charge in [0.25, 0.3) is 0 Å². The molecule has 2 N–H and O–H groups in total. The Hall–Kier alpha value is -3.35. The molecule has 1 aliphatic carbocycles. The van der Waals surface area contributed by atoms with Crippen molar-refractivity contribution < 1.29 is 24.2 Å². The van der Waals surface area contributed by atoms with Gasteiger partial charge in [-0.3, -0.25) is 9.59 Å². The van der Waals surface area contributed by atoms with Gasteiger partial charge in [0.1, 0.15) is 6.61 Å². The molecule has 1 atom stereocenters. The average Bonchev–Trinajstić information content (AvgIpc) is 3.14. The van der Waals surface area contributed by atoms with Gasteiger partial charge in [-0.05, 0) is 47.9 Å². The van der Waals surface area contributed by atoms with E-state index in [-0.39, 0.29) is 37.3 Å². The summed E-state index contributed by atoms with van der Waals surface area (Å²) in [5, 5.41) is 11.8. The molecule has 1 fully saturated rings. The Morgan fingerprint density at radius 1 is 1.00 bits per heavy atom. The molecule has 174 valence electrons. The Bertz CT molecular complexity index is 976. The van der Waals surface area contributed by atoms with Gasteiger partial charge in [0.15, 0.2) is 0 Å². The number of carboxylic acids is 1. The molecule has 1 heterocycles. The number of hydrogen-bond acceptors (Lipinski definition) is 4. The number of carboxylic acid groups (broad SMARTS) is 1. The lowest BCUT2D eigenvalue weighted by Crippen LogP contribution is -2.44. The zero-order chi connectivity index (χ0) is 23.2. The highest BCUT2D eigenvalue weighted by Crippen LogP contribution is 2.44. The lowest BCUT2D eigenvalue weighted by Gasteiger charge is -2.35. The number of benzene rings is 2. The summed E-state index contributed by atoms with van der Waals surface area (Å²) in [5.41, 5.74) is 4.68. The third-order valence-corrected chi connectivity index (χ3v) is 6.54. The first-order valence-electron chi connectivity index (χ1n) is 11.6. The number of amides is 2. The van der Waals surface area contributed by atoms with Gasteiger partial charge in [0, 0.05) is 31.5 Å². The van der Waals surface area contributed by atoms with Crippen molar-refractivity contribution in [3.63, 3.8) is 0 Å². The van der Waals surface area contributed by atoms with Gasteiger partial charge in [-0.25, -0.2) is 4.79 Å². The van der Waals surface area contributed by atoms with Gasteiger partial charge in [-0.15, -0.1) is 0 Å². The van der Waals surface area contributed by atoms with E-state index >= 15 is 0 Å². The van der Waals surface area contributed by atoms with Crippen molar-refractivity contribution in [1.82, 2.24) is 10.2 Å². The minimum Gasteiger partial charge on any atom is -0.481 e. The van der Waals surface area contributed by atoms with E-state index < -0.39 is 12.1 Å². The summed E-state index contributed by atoms with van der Waals surface area (Å²) < 4.78 is 5.51. The van der Waals surface area contributed by atoms with Crippen LogP contribution >= 0.6 is 0 Å². The quantitative estimate of drug-likeness (QED) is 0.589. The zero-order valence-corrected chi connectivity index (χ0v) is 18.7. The van der Waals surface area contributed by atoms with Crippen molar-refractivity contribution in [2.45, 2.75) is 50.5 Å². The second-order valence-electron chi connectivity index (χ2n) is 8.69. The molecule has 7 heteroatoms. The Morgan fingerprint density at radius 3 is 2.33 bits per heavy atom. The molecule has 0 radical (unpaired) electrons. The second-order valence-corrected chi connectivity index (χ2v) is 8.69. The standard InChI is InChI=1S/C26H30N2O5/c29-24(28-15-6-5-8-18(28)16-25(30)31)13-7-14-27-26(32)33-17-23-21-11-3-1-9-19(21)20-10-2-4-12-22(20)23/h1-4,9-12,18,23H,5-8,13-17H2,(H,27,32)(H,30,31). The van der Waals surface area contributed by atoms with Crippen molar-refractivity contribution in [2.24, 2.45) is 0 Å². The molecule has 1 saturated heterocycles. The van der Waals surface area contributed by atoms with Crippen LogP contribution in [0.2, 0.25) is 0 Å². The summed E-state index contributed by atoms with van der Waals surface area (Å²) in [5.74, 6) is -0.915. The number of aliphatic carboxylic acids is 1. The van der Waals surface area contributed by atoms with E-state index in [1.54, 1.807) is 4.90 Å². The van der Waals surface area contributed by atoms with Crippen molar-refractivity contribution >= 4 is 18.0 Å². The number of ether oxygens (including phenoxy) is 1. The van der Waals surface area contributed by atoms with Crippen molar-refractivity contribution in [3.8, 4) is 11.1 Å². The number of fused-ring (bicyclic) bond motifs is 3. The third-order valence-electron chi connectivity index (χ3n) is 6.54. The van der Waals surface area contributed by atoms with Gasteiger partial charge in [0.2, 0.25) is 5.91 Å². The molecule has 2 aliphatic rings. The number of nitrogens with zero attached hydrogens (tertiary/aromatic N) is 1. The molecule has 1 aliphatic heterocycles. The highest BCUT2D eigenvalue weighted by molar-refractivity contribution is 5.79. The number of rotatable bonds is 8. The van der Waals surface area contributed by atoms with Crippen LogP contribution in [0.5, 0.6) is 0 Å². The van der Waals surface area contributed by atoms with Gasteiger partial charge >= 0.3 is 12.1 Å². The predicted molar refractivity (Wildman–Crippen MR) is 124 cm³/mol. The Labute approximate surface area is 193 Å². The smallest absolute Gasteiger partial charge is 0.407 e. The SMILES string of the molecule is O=C(O)CC1CCCCN1C(=O)CCCNC(=O)OCC1c2ccccc2-c2ccccc21. The second kappa shape index (κ2) is 10.5. The van der Waals surface area contributed by atoms with E-state index in [0.717, 1.165) is 30.4 Å². The fraction of sp³-hybridized carbons (Fsp3) is 0.423. The molecule has 0 saturated carbocycles. The molecular weight excluding hydrogens is 420 g/mol. The highest BCUT2D eigenvalue weighted by atomic mass is 16.5. The van der Waals surface area contributed by atoms with E-state index in [2.05, 4.69) is 29.6 Å². The lowest BCUT2D eigenvalue weighted by molar-refractivity contribution is -0.142. The van der Waals surface area contributed by atoms with E-state index in [0.29, 0.717) is 19.5 Å². The Balaban J connectivity index is 1.22. The number of carbonyl (C=O) groups excluding carboxylic acids is 2. The maximum Gasteiger partial charge on any atom is 0.407 e. The first-order valence-corrected chi connectivity index (χ1v) is 11.6. The molecule has 0 bridgehead atoms. The number of likely N-dealkylation sites (tertiary alicyclic amines) is 1. The van der Waals surface area contributed by atoms with Crippen LogP contribution in [0.25, 0.3) is 11.1 Å². The van der Waals surface area contributed by atoms with Gasteiger partial charge < -0.3 is 20.1 Å². The van der Waals surface area contributed by atoms with Crippen LogP contribution < -0.4 is 5.32 Å². The fourth-order valence-electron chi connectivity index (χ4n) is 4.97. The summed E-state index contributed by atoms with van der Waals surface area (Å²) >= 11 is 0. The van der Waals surface area contributed by atoms with E-state index in [9.17, 15) is 14.4 Å². The molecule has 2 aromatic carbocycles. The van der Waals surface area contributed by atoms with Crippen LogP contribution in [0.1, 0.15) is 55.6 Å². The molecule has 0 aromatic heterocycles. The number of piperidine rings is 1. The van der Waals surface area contributed by atoms with Crippen LogP contribution in [0.15, 0.2) is 48.5 Å². The van der Waals surface area contributed by atoms with Crippen LogP contribution in [-0.4, -0.2) is 53.7 Å². The molecule has 33 heavy (non-hydrogen) atoms. The topological polar surface area (TPSA) is 95.9 Å². The fourth-order valence-corrected chi connectivity index (χ4v) is 4.97. The lowest BCUT2D eigenvalue weighted by atomic mass is 9.98. The molecule has 0 spiro atoms. The first kappa shape index (κ1) is 22.8. The summed E-state index contributed by atoms with van der Waals surface area (Å²) in [4.78, 5) is 37.6. The number of alkyl carbamates (subject to hydrolysis) is 1. The number of nitrogens with one attached hydrogen (secondary N) is 1. The maximum absolute atomic E-state index is 12.6. The molecule has 4 rings (SSSR count). The molecule has 1 unspecified atom stereocenters. The van der Waals surface area contributed by atoms with Crippen molar-refractivity contribution in [3.05, 3.63) is 59.7 Å². The van der Waals surface area contributed by atoms with Gasteiger partial charge in [0.05, 0.1) is 6.42 Å². The molecule has 7 nitrogen and oxygen atoms in total. The van der Waals surface area contributed by atoms with Crippen LogP contribution in [0.3, 0.4) is 0 Å². The first-order chi connectivity index (χ1) is 16.0. The third kappa shape index (κ3) is 5.35. The predicted octanol–water partition coefficient (Wildman–Crippen LogP) is 4.16. The Morgan fingerprint density at radius 2 is 1.67 bits per heavy atom. The van der Waals surface area contributed by atoms with E-state index in [1.807, 2.05) is 24.3 Å². The normalized spacial score (nSPS) is 17.2. The van der Waals surface area contributed by atoms with Crippen LogP contribution in [0, 0.1) is 0 Å². The largest absolute Gasteiger partial charge is 0.481 e. The monoisotopic (exact) mass is 450 g/mol. The number of carbonyl (C=O) groups is 3. The van der Waals surface area contributed by atoms with Gasteiger partial charge in [-0.1, -0.05) is 48.5 Å². The summed E-state index contributed by atoms with van der Waals surface area (Å²) in [7, 11) is 0. The molecule has 2 amide bonds. The van der Waals surface area contributed by atoms with E-state index in [4.69, 9.17) is 9.84 Å². The van der Waals surface area contributed by atoms with Crippen molar-refractivity contribution in [2.75, 3.05) is 19.7 Å². The summed E-state index contributed by atoms with van der Waals surface area (Å²) in [6, 6.07) is 16.1. The minimum absolute atomic E-state index is 0.00926. The molecular formula is C26H30N2O5. The summed E-state index contributed by atoms with van der Waals surface area (Å²) in [6.07, 6.45) is 2.84. The van der Waals surface area contributed by atoms with Crippen LogP contribution in [0.4, 0.5) is 4.79 Å².